The van der Waals surface area contributed by atoms with Gasteiger partial charge in [0.05, 0.1) is 12.2 Å². The van der Waals surface area contributed by atoms with Crippen molar-refractivity contribution in [2.45, 2.75) is 48.7 Å². The summed E-state index contributed by atoms with van der Waals surface area (Å²) in [5, 5.41) is 30.8. The van der Waals surface area contributed by atoms with E-state index in [4.69, 9.17) is 4.74 Å². The van der Waals surface area contributed by atoms with Crippen LogP contribution in [0.5, 0.6) is 0 Å². The van der Waals surface area contributed by atoms with E-state index in [0.717, 1.165) is 24.7 Å². The van der Waals surface area contributed by atoms with Gasteiger partial charge in [-0.2, -0.15) is 0 Å². The van der Waals surface area contributed by atoms with E-state index in [1.165, 1.54) is 17.8 Å². The molecule has 6 nitrogen and oxygen atoms in total. The standard InChI is InChI=1S/C13H20N2O4S/c1-2-7(16)6-8-10(17)11(18)9-12(19-8)20-13(14-9)15-4-3-5-15/h2,7-12,16-18H,1,3-6H2/t7?,8?,9-,10-,11-,12-/m1/s1. The van der Waals surface area contributed by atoms with E-state index < -0.39 is 30.5 Å². The summed E-state index contributed by atoms with van der Waals surface area (Å²) in [4.78, 5) is 6.64. The highest BCUT2D eigenvalue weighted by Gasteiger charge is 2.49. The van der Waals surface area contributed by atoms with Gasteiger partial charge >= 0.3 is 0 Å². The van der Waals surface area contributed by atoms with Crippen LogP contribution in [-0.4, -0.2) is 74.4 Å². The lowest BCUT2D eigenvalue weighted by Gasteiger charge is -2.38. The fourth-order valence-electron chi connectivity index (χ4n) is 2.61. The summed E-state index contributed by atoms with van der Waals surface area (Å²) in [7, 11) is 0. The number of ether oxygens (including phenoxy) is 1. The van der Waals surface area contributed by atoms with E-state index in [-0.39, 0.29) is 11.9 Å². The number of likely N-dealkylation sites (tertiary alicyclic amines) is 1. The molecule has 3 N–H and O–H groups in total. The summed E-state index contributed by atoms with van der Waals surface area (Å²) in [6.07, 6.45) is -0.552. The topological polar surface area (TPSA) is 85.5 Å². The van der Waals surface area contributed by atoms with Crippen LogP contribution in [0.2, 0.25) is 0 Å². The maximum absolute atomic E-state index is 10.2. The minimum absolute atomic E-state index is 0.227. The Balaban J connectivity index is 1.68. The first kappa shape index (κ1) is 14.3. The first-order chi connectivity index (χ1) is 9.60. The molecular formula is C13H20N2O4S. The van der Waals surface area contributed by atoms with Gasteiger partial charge in [-0.05, 0) is 6.42 Å². The molecule has 2 unspecified atom stereocenters. The zero-order chi connectivity index (χ0) is 14.3. The summed E-state index contributed by atoms with van der Waals surface area (Å²) < 4.78 is 5.82. The van der Waals surface area contributed by atoms with Crippen molar-refractivity contribution in [1.82, 2.24) is 4.90 Å². The highest BCUT2D eigenvalue weighted by Crippen LogP contribution is 2.39. The Labute approximate surface area is 122 Å². The largest absolute Gasteiger partial charge is 0.389 e. The van der Waals surface area contributed by atoms with E-state index in [2.05, 4.69) is 16.5 Å². The van der Waals surface area contributed by atoms with Crippen LogP contribution >= 0.6 is 11.8 Å². The van der Waals surface area contributed by atoms with E-state index >= 15 is 0 Å². The van der Waals surface area contributed by atoms with Crippen molar-refractivity contribution < 1.29 is 20.1 Å². The van der Waals surface area contributed by atoms with Crippen molar-refractivity contribution >= 4 is 16.9 Å². The van der Waals surface area contributed by atoms with Crippen LogP contribution < -0.4 is 0 Å². The van der Waals surface area contributed by atoms with E-state index in [9.17, 15) is 15.3 Å². The summed E-state index contributed by atoms with van der Waals surface area (Å²) in [5.74, 6) is 0. The fourth-order valence-corrected chi connectivity index (χ4v) is 3.89. The Kier molecular flexibility index (Phi) is 4.05. The Morgan fingerprint density at radius 2 is 2.20 bits per heavy atom. The van der Waals surface area contributed by atoms with Gasteiger partial charge in [0, 0.05) is 19.5 Å². The molecule has 0 radical (unpaired) electrons. The molecule has 0 aromatic rings. The molecule has 0 bridgehead atoms. The molecule has 0 saturated carbocycles. The van der Waals surface area contributed by atoms with Gasteiger partial charge in [0.15, 0.2) is 5.17 Å². The maximum Gasteiger partial charge on any atom is 0.162 e. The molecule has 112 valence electrons. The number of fused-ring (bicyclic) bond motifs is 1. The second-order valence-corrected chi connectivity index (χ2v) is 6.49. The lowest BCUT2D eigenvalue weighted by molar-refractivity contribution is -0.159. The van der Waals surface area contributed by atoms with E-state index in [1.54, 1.807) is 0 Å². The van der Waals surface area contributed by atoms with Gasteiger partial charge in [0.1, 0.15) is 23.7 Å². The monoisotopic (exact) mass is 300 g/mol. The van der Waals surface area contributed by atoms with Gasteiger partial charge in [0.25, 0.3) is 0 Å². The lowest BCUT2D eigenvalue weighted by Crippen LogP contribution is -2.55. The number of aliphatic imine (C=N–C) groups is 1. The molecule has 3 aliphatic rings. The first-order valence-corrected chi connectivity index (χ1v) is 7.79. The van der Waals surface area contributed by atoms with Crippen LogP contribution in [0.4, 0.5) is 0 Å². The molecule has 3 heterocycles. The molecule has 3 aliphatic heterocycles. The lowest BCUT2D eigenvalue weighted by atomic mass is 9.94. The van der Waals surface area contributed by atoms with Crippen LogP contribution in [0.25, 0.3) is 0 Å². The van der Waals surface area contributed by atoms with Gasteiger partial charge in [-0.15, -0.1) is 6.58 Å². The number of nitrogens with zero attached hydrogens (tertiary/aromatic N) is 2. The number of amidine groups is 1. The van der Waals surface area contributed by atoms with Crippen molar-refractivity contribution in [3.8, 4) is 0 Å². The molecular weight excluding hydrogens is 280 g/mol. The Bertz CT molecular complexity index is 415. The van der Waals surface area contributed by atoms with E-state index in [0.29, 0.717) is 0 Å². The average Bonchev–Trinajstić information content (AvgIpc) is 2.76. The third-order valence-electron chi connectivity index (χ3n) is 4.02. The first-order valence-electron chi connectivity index (χ1n) is 6.92. The number of hydrogen-bond acceptors (Lipinski definition) is 7. The molecule has 2 fully saturated rings. The van der Waals surface area contributed by atoms with Gasteiger partial charge in [-0.25, -0.2) is 0 Å². The Morgan fingerprint density at radius 3 is 2.80 bits per heavy atom. The molecule has 0 aliphatic carbocycles. The van der Waals surface area contributed by atoms with Crippen LogP contribution in [0.15, 0.2) is 17.6 Å². The fraction of sp³-hybridized carbons (Fsp3) is 0.769. The average molecular weight is 300 g/mol. The van der Waals surface area contributed by atoms with Gasteiger partial charge < -0.3 is 25.0 Å². The van der Waals surface area contributed by atoms with Gasteiger partial charge in [0.2, 0.25) is 0 Å². The zero-order valence-electron chi connectivity index (χ0n) is 11.1. The van der Waals surface area contributed by atoms with Gasteiger partial charge in [-0.1, -0.05) is 17.8 Å². The molecule has 2 saturated heterocycles. The second kappa shape index (κ2) is 5.65. The number of rotatable bonds is 3. The minimum atomic E-state index is -1.04. The zero-order valence-corrected chi connectivity index (χ0v) is 11.9. The smallest absolute Gasteiger partial charge is 0.162 e. The number of aliphatic hydroxyl groups excluding tert-OH is 3. The highest BCUT2D eigenvalue weighted by atomic mass is 32.2. The SMILES string of the molecule is C=CC(O)CC1O[C@@H]2SC(N3CCC3)=N[C@@H]2[C@@H](O)[C@@H]1O. The third kappa shape index (κ3) is 2.48. The van der Waals surface area contributed by atoms with Crippen LogP contribution in [0, 0.1) is 0 Å². The maximum atomic E-state index is 10.2. The van der Waals surface area contributed by atoms with Crippen molar-refractivity contribution in [3.05, 3.63) is 12.7 Å². The number of hydrogen-bond donors (Lipinski definition) is 3. The highest BCUT2D eigenvalue weighted by molar-refractivity contribution is 8.14. The van der Waals surface area contributed by atoms with Crippen molar-refractivity contribution in [3.63, 3.8) is 0 Å². The van der Waals surface area contributed by atoms with Crippen molar-refractivity contribution in [2.75, 3.05) is 13.1 Å². The summed E-state index contributed by atoms with van der Waals surface area (Å²) in [6, 6.07) is -0.428. The Hall–Kier alpha value is -0.600. The van der Waals surface area contributed by atoms with Gasteiger partial charge in [-0.3, -0.25) is 4.99 Å². The molecule has 0 amide bonds. The van der Waals surface area contributed by atoms with E-state index in [1.807, 2.05) is 0 Å². The van der Waals surface area contributed by atoms with Crippen molar-refractivity contribution in [1.29, 1.82) is 0 Å². The predicted molar refractivity (Wildman–Crippen MR) is 76.5 cm³/mol. The van der Waals surface area contributed by atoms with Crippen LogP contribution in [-0.2, 0) is 4.74 Å². The summed E-state index contributed by atoms with van der Waals surface area (Å²) in [5.41, 5.74) is -0.286. The molecule has 3 rings (SSSR count). The second-order valence-electron chi connectivity index (χ2n) is 5.42. The molecule has 7 heteroatoms. The quantitative estimate of drug-likeness (QED) is 0.612. The molecule has 0 aromatic carbocycles. The van der Waals surface area contributed by atoms with Crippen LogP contribution in [0.1, 0.15) is 12.8 Å². The van der Waals surface area contributed by atoms with Crippen LogP contribution in [0.3, 0.4) is 0 Å². The molecule has 20 heavy (non-hydrogen) atoms. The molecule has 0 aromatic heterocycles. The number of thioether (sulfide) groups is 1. The predicted octanol–water partition coefficient (Wildman–Crippen LogP) is -0.453. The molecule has 6 atom stereocenters. The van der Waals surface area contributed by atoms with Crippen molar-refractivity contribution in [2.24, 2.45) is 4.99 Å². The summed E-state index contributed by atoms with van der Waals surface area (Å²) >= 11 is 1.50. The number of aliphatic hydroxyl groups is 3. The summed E-state index contributed by atoms with van der Waals surface area (Å²) in [6.45, 7) is 5.48. The minimum Gasteiger partial charge on any atom is -0.389 e. The normalized spacial score (nSPS) is 41.6. The Morgan fingerprint density at radius 1 is 1.45 bits per heavy atom. The third-order valence-corrected chi connectivity index (χ3v) is 5.22. The molecule has 0 spiro atoms.